The normalized spacial score (nSPS) is 15.0. The van der Waals surface area contributed by atoms with Gasteiger partial charge in [0.15, 0.2) is 5.43 Å². The van der Waals surface area contributed by atoms with E-state index in [1.54, 1.807) is 36.7 Å². The van der Waals surface area contributed by atoms with Crippen LogP contribution in [0.25, 0.3) is 10.9 Å². The molecule has 4 aromatic rings. The maximum Gasteiger partial charge on any atom is 0.253 e. The van der Waals surface area contributed by atoms with Gasteiger partial charge >= 0.3 is 0 Å². The third kappa shape index (κ3) is 5.53. The molecule has 190 valence electrons. The number of benzene rings is 2. The van der Waals surface area contributed by atoms with Crippen molar-refractivity contribution in [2.45, 2.75) is 25.3 Å². The number of hydrogen-bond acceptors (Lipinski definition) is 5. The van der Waals surface area contributed by atoms with Gasteiger partial charge in [0.25, 0.3) is 5.91 Å². The summed E-state index contributed by atoms with van der Waals surface area (Å²) >= 11 is 6.09. The Kier molecular flexibility index (Phi) is 7.53. The number of amides is 1. The molecule has 1 aliphatic heterocycles. The molecule has 1 amide bonds. The number of H-pyrrole nitrogens is 1. The number of hydrogen-bond donors (Lipinski definition) is 3. The number of nitrogens with zero attached hydrogens (tertiary/aromatic N) is 2. The third-order valence-electron chi connectivity index (χ3n) is 7.08. The van der Waals surface area contributed by atoms with Gasteiger partial charge in [0.05, 0.1) is 17.1 Å². The van der Waals surface area contributed by atoms with Crippen molar-refractivity contribution in [1.29, 1.82) is 0 Å². The highest BCUT2D eigenvalue weighted by molar-refractivity contribution is 6.31. The summed E-state index contributed by atoms with van der Waals surface area (Å²) in [5, 5.41) is 13.3. The number of piperidine rings is 1. The van der Waals surface area contributed by atoms with Crippen molar-refractivity contribution >= 4 is 34.2 Å². The van der Waals surface area contributed by atoms with Crippen molar-refractivity contribution in [3.05, 3.63) is 105 Å². The molecule has 0 saturated carbocycles. The topological polar surface area (TPSA) is 98.3 Å². The molecule has 1 saturated heterocycles. The van der Waals surface area contributed by atoms with Crippen LogP contribution >= 0.6 is 11.6 Å². The fourth-order valence-corrected chi connectivity index (χ4v) is 5.14. The first kappa shape index (κ1) is 25.0. The maximum atomic E-state index is 13.4. The Hall–Kier alpha value is -3.68. The highest BCUT2D eigenvalue weighted by atomic mass is 35.5. The fourth-order valence-electron chi connectivity index (χ4n) is 4.97. The molecule has 3 heterocycles. The van der Waals surface area contributed by atoms with E-state index >= 15 is 0 Å². The first-order valence-corrected chi connectivity index (χ1v) is 12.9. The largest absolute Gasteiger partial charge is 0.396 e. The van der Waals surface area contributed by atoms with Gasteiger partial charge < -0.3 is 20.3 Å². The minimum Gasteiger partial charge on any atom is -0.396 e. The summed E-state index contributed by atoms with van der Waals surface area (Å²) in [4.78, 5) is 36.6. The molecule has 0 spiro atoms. The highest BCUT2D eigenvalue weighted by Gasteiger charge is 2.23. The lowest BCUT2D eigenvalue weighted by Gasteiger charge is -2.32. The number of carbonyl (C=O) groups excluding carboxylic acids is 1. The Labute approximate surface area is 220 Å². The number of halogens is 1. The van der Waals surface area contributed by atoms with E-state index in [0.717, 1.165) is 43.7 Å². The SMILES string of the molecule is O=C(NC(c1ccccc1)c1c[nH]c2cc(Cl)ccc2c1=O)c1ccc(N2CCC(CCO)CC2)nc1. The zero-order chi connectivity index (χ0) is 25.8. The van der Waals surface area contributed by atoms with E-state index in [4.69, 9.17) is 11.6 Å². The van der Waals surface area contributed by atoms with Crippen molar-refractivity contribution in [3.8, 4) is 0 Å². The number of nitrogens with one attached hydrogen (secondary N) is 2. The van der Waals surface area contributed by atoms with Crippen LogP contribution in [-0.2, 0) is 0 Å². The summed E-state index contributed by atoms with van der Waals surface area (Å²) in [5.74, 6) is 1.07. The molecule has 37 heavy (non-hydrogen) atoms. The number of aliphatic hydroxyl groups excluding tert-OH is 1. The van der Waals surface area contributed by atoms with Crippen LogP contribution in [0.1, 0.15) is 46.8 Å². The third-order valence-corrected chi connectivity index (χ3v) is 7.31. The lowest BCUT2D eigenvalue weighted by atomic mass is 9.94. The maximum absolute atomic E-state index is 13.4. The van der Waals surface area contributed by atoms with Crippen molar-refractivity contribution < 1.29 is 9.90 Å². The Balaban J connectivity index is 1.38. The van der Waals surface area contributed by atoms with Gasteiger partial charge in [0.1, 0.15) is 5.82 Å². The number of rotatable bonds is 7. The molecule has 0 radical (unpaired) electrons. The number of carbonyl (C=O) groups is 1. The number of aliphatic hydroxyl groups is 1. The summed E-state index contributed by atoms with van der Waals surface area (Å²) in [5.41, 5.74) is 2.12. The Morgan fingerprint density at radius 2 is 1.92 bits per heavy atom. The smallest absolute Gasteiger partial charge is 0.253 e. The molecule has 8 heteroatoms. The van der Waals surface area contributed by atoms with Crippen molar-refractivity contribution in [1.82, 2.24) is 15.3 Å². The van der Waals surface area contributed by atoms with Gasteiger partial charge in [-0.3, -0.25) is 9.59 Å². The fraction of sp³-hybridized carbons (Fsp3) is 0.276. The average molecular weight is 517 g/mol. The van der Waals surface area contributed by atoms with Gasteiger partial charge in [-0.15, -0.1) is 0 Å². The van der Waals surface area contributed by atoms with Crippen LogP contribution in [0.15, 0.2) is 77.9 Å². The van der Waals surface area contributed by atoms with Gasteiger partial charge in [-0.25, -0.2) is 4.98 Å². The van der Waals surface area contributed by atoms with E-state index in [1.807, 2.05) is 36.4 Å². The number of anilines is 1. The molecule has 5 rings (SSSR count). The molecular weight excluding hydrogens is 488 g/mol. The summed E-state index contributed by atoms with van der Waals surface area (Å²) in [6.45, 7) is 2.00. The van der Waals surface area contributed by atoms with Gasteiger partial charge in [-0.05, 0) is 61.1 Å². The second-order valence-corrected chi connectivity index (χ2v) is 9.86. The highest BCUT2D eigenvalue weighted by Crippen LogP contribution is 2.25. The monoisotopic (exact) mass is 516 g/mol. The van der Waals surface area contributed by atoms with E-state index in [1.165, 1.54) is 0 Å². The quantitative estimate of drug-likeness (QED) is 0.331. The van der Waals surface area contributed by atoms with E-state index in [2.05, 4.69) is 20.2 Å². The zero-order valence-electron chi connectivity index (χ0n) is 20.4. The van der Waals surface area contributed by atoms with E-state index < -0.39 is 6.04 Å². The number of aromatic nitrogens is 2. The minimum atomic E-state index is -0.650. The van der Waals surface area contributed by atoms with E-state index in [0.29, 0.717) is 33.0 Å². The van der Waals surface area contributed by atoms with Crippen molar-refractivity contribution in [3.63, 3.8) is 0 Å². The molecule has 2 aromatic carbocycles. The Bertz CT molecular complexity index is 1430. The van der Waals surface area contributed by atoms with E-state index in [9.17, 15) is 14.7 Å². The van der Waals surface area contributed by atoms with Crippen LogP contribution in [-0.4, -0.2) is 40.7 Å². The van der Waals surface area contributed by atoms with Gasteiger partial charge in [0, 0.05) is 48.1 Å². The average Bonchev–Trinajstić information content (AvgIpc) is 2.93. The number of aromatic amines is 1. The standard InChI is InChI=1S/C29H29ClN4O3/c30-22-7-8-23-25(16-22)31-18-24(28(23)36)27(20-4-2-1-3-5-20)33-29(37)21-6-9-26(32-17-21)34-13-10-19(11-14-34)12-15-35/h1-9,16-19,27,35H,10-15H2,(H,31,36)(H,33,37). The molecule has 1 fully saturated rings. The molecule has 3 N–H and O–H groups in total. The molecular formula is C29H29ClN4O3. The summed E-state index contributed by atoms with van der Waals surface area (Å²) < 4.78 is 0. The molecule has 0 aliphatic carbocycles. The van der Waals surface area contributed by atoms with Gasteiger partial charge in [-0.2, -0.15) is 0 Å². The van der Waals surface area contributed by atoms with E-state index in [-0.39, 0.29) is 17.9 Å². The Morgan fingerprint density at radius 3 is 2.62 bits per heavy atom. The number of pyridine rings is 2. The van der Waals surface area contributed by atoms with Crippen LogP contribution in [0.5, 0.6) is 0 Å². The minimum absolute atomic E-state index is 0.169. The molecule has 1 aliphatic rings. The van der Waals surface area contributed by atoms with Crippen molar-refractivity contribution in [2.75, 3.05) is 24.6 Å². The van der Waals surface area contributed by atoms with Crippen LogP contribution in [0.2, 0.25) is 5.02 Å². The van der Waals surface area contributed by atoms with Gasteiger partial charge in [0.2, 0.25) is 0 Å². The van der Waals surface area contributed by atoms with Crippen molar-refractivity contribution in [2.24, 2.45) is 5.92 Å². The lowest BCUT2D eigenvalue weighted by Crippen LogP contribution is -2.35. The summed E-state index contributed by atoms with van der Waals surface area (Å²) in [6.07, 6.45) is 6.11. The first-order chi connectivity index (χ1) is 18.0. The zero-order valence-corrected chi connectivity index (χ0v) is 21.1. The first-order valence-electron chi connectivity index (χ1n) is 12.5. The molecule has 7 nitrogen and oxygen atoms in total. The summed E-state index contributed by atoms with van der Waals surface area (Å²) in [6, 6.07) is 17.5. The van der Waals surface area contributed by atoms with Crippen LogP contribution in [0.3, 0.4) is 0 Å². The van der Waals surface area contributed by atoms with Crippen LogP contribution < -0.4 is 15.6 Å². The van der Waals surface area contributed by atoms with Crippen LogP contribution in [0, 0.1) is 5.92 Å². The molecule has 2 aromatic heterocycles. The predicted molar refractivity (Wildman–Crippen MR) is 146 cm³/mol. The number of fused-ring (bicyclic) bond motifs is 1. The second kappa shape index (κ2) is 11.2. The molecule has 0 bridgehead atoms. The second-order valence-electron chi connectivity index (χ2n) is 9.43. The molecule has 1 atom stereocenters. The lowest BCUT2D eigenvalue weighted by molar-refractivity contribution is 0.0942. The summed E-state index contributed by atoms with van der Waals surface area (Å²) in [7, 11) is 0. The predicted octanol–water partition coefficient (Wildman–Crippen LogP) is 4.69. The molecule has 1 unspecified atom stereocenters. The Morgan fingerprint density at radius 1 is 1.14 bits per heavy atom. The van der Waals surface area contributed by atoms with Crippen LogP contribution in [0.4, 0.5) is 5.82 Å². The van der Waals surface area contributed by atoms with Gasteiger partial charge in [-0.1, -0.05) is 41.9 Å².